The van der Waals surface area contributed by atoms with Crippen LogP contribution in [0.25, 0.3) is 10.9 Å². The lowest BCUT2D eigenvalue weighted by Crippen LogP contribution is -2.32. The molecule has 1 unspecified atom stereocenters. The van der Waals surface area contributed by atoms with Crippen molar-refractivity contribution in [2.45, 2.75) is 26.3 Å². The fourth-order valence-electron chi connectivity index (χ4n) is 1.60. The summed E-state index contributed by atoms with van der Waals surface area (Å²) in [5.74, 6) is -0.0365. The lowest BCUT2D eigenvalue weighted by Gasteiger charge is -2.09. The Morgan fingerprint density at radius 3 is 2.88 bits per heavy atom. The molecule has 1 atom stereocenters. The van der Waals surface area contributed by atoms with E-state index < -0.39 is 0 Å². The largest absolute Gasteiger partial charge is 0.351 e. The summed E-state index contributed by atoms with van der Waals surface area (Å²) in [5.41, 5.74) is 1.62. The minimum atomic E-state index is -0.0365. The van der Waals surface area contributed by atoms with E-state index in [2.05, 4.69) is 17.2 Å². The Balaban J connectivity index is 2.23. The zero-order valence-corrected chi connectivity index (χ0v) is 9.58. The lowest BCUT2D eigenvalue weighted by molar-refractivity contribution is 0.0935. The molecular formula is C13H16N2O. The van der Waals surface area contributed by atoms with Crippen LogP contribution < -0.4 is 5.32 Å². The van der Waals surface area contributed by atoms with E-state index in [1.165, 1.54) is 0 Å². The van der Waals surface area contributed by atoms with Crippen LogP contribution in [-0.2, 0) is 0 Å². The van der Waals surface area contributed by atoms with E-state index >= 15 is 0 Å². The Hall–Kier alpha value is -1.77. The van der Waals surface area contributed by atoms with Crippen LogP contribution in [0.5, 0.6) is 0 Å². The number of fused-ring (bicyclic) bond motifs is 1. The van der Waals surface area contributed by atoms with Crippen LogP contribution in [0.1, 0.15) is 30.8 Å². The van der Waals surface area contributed by atoms with Crippen LogP contribution in [0.4, 0.5) is 0 Å². The summed E-state index contributed by atoms with van der Waals surface area (Å²) in [6.45, 7) is 4.05. The molecule has 3 nitrogen and oxygen atoms in total. The van der Waals surface area contributed by atoms with Crippen LogP contribution in [-0.4, -0.2) is 16.9 Å². The van der Waals surface area contributed by atoms with Crippen molar-refractivity contribution >= 4 is 16.8 Å². The van der Waals surface area contributed by atoms with Crippen molar-refractivity contribution in [2.24, 2.45) is 0 Å². The normalized spacial score (nSPS) is 12.6. The second-order valence-electron chi connectivity index (χ2n) is 4.05. The van der Waals surface area contributed by atoms with Crippen molar-refractivity contribution in [3.05, 3.63) is 36.0 Å². The number of amides is 1. The van der Waals surface area contributed by atoms with E-state index in [1.807, 2.05) is 37.3 Å². The second-order valence-corrected chi connectivity index (χ2v) is 4.05. The van der Waals surface area contributed by atoms with Crippen LogP contribution in [0.15, 0.2) is 30.3 Å². The Kier molecular flexibility index (Phi) is 2.95. The number of H-pyrrole nitrogens is 1. The molecule has 2 aromatic rings. The van der Waals surface area contributed by atoms with Gasteiger partial charge >= 0.3 is 0 Å². The number of nitrogens with one attached hydrogen (secondary N) is 2. The van der Waals surface area contributed by atoms with Crippen molar-refractivity contribution in [3.63, 3.8) is 0 Å². The van der Waals surface area contributed by atoms with E-state index in [0.29, 0.717) is 5.69 Å². The molecule has 84 valence electrons. The molecule has 1 amide bonds. The fourth-order valence-corrected chi connectivity index (χ4v) is 1.60. The topological polar surface area (TPSA) is 44.9 Å². The van der Waals surface area contributed by atoms with Crippen molar-refractivity contribution in [2.75, 3.05) is 0 Å². The summed E-state index contributed by atoms with van der Waals surface area (Å²) in [4.78, 5) is 15.0. The van der Waals surface area contributed by atoms with Crippen molar-refractivity contribution < 1.29 is 4.79 Å². The summed E-state index contributed by atoms with van der Waals surface area (Å²) in [6, 6.07) is 9.97. The Bertz CT molecular complexity index is 468. The summed E-state index contributed by atoms with van der Waals surface area (Å²) >= 11 is 0. The fraction of sp³-hybridized carbons (Fsp3) is 0.308. The Morgan fingerprint density at radius 1 is 1.44 bits per heavy atom. The molecule has 3 heteroatoms. The summed E-state index contributed by atoms with van der Waals surface area (Å²) in [6.07, 6.45) is 0.936. The molecule has 2 rings (SSSR count). The molecular weight excluding hydrogens is 200 g/mol. The first-order valence-electron chi connectivity index (χ1n) is 5.59. The number of carbonyl (C=O) groups is 1. The van der Waals surface area contributed by atoms with Crippen molar-refractivity contribution in [3.8, 4) is 0 Å². The van der Waals surface area contributed by atoms with E-state index in [9.17, 15) is 4.79 Å². The van der Waals surface area contributed by atoms with Gasteiger partial charge < -0.3 is 10.3 Å². The molecule has 0 radical (unpaired) electrons. The Morgan fingerprint density at radius 2 is 2.19 bits per heavy atom. The van der Waals surface area contributed by atoms with Gasteiger partial charge in [-0.1, -0.05) is 25.1 Å². The zero-order valence-electron chi connectivity index (χ0n) is 9.58. The van der Waals surface area contributed by atoms with Gasteiger partial charge in [0, 0.05) is 16.9 Å². The highest BCUT2D eigenvalue weighted by atomic mass is 16.1. The van der Waals surface area contributed by atoms with Gasteiger partial charge in [0.15, 0.2) is 0 Å². The predicted octanol–water partition coefficient (Wildman–Crippen LogP) is 2.70. The van der Waals surface area contributed by atoms with E-state index in [0.717, 1.165) is 17.3 Å². The highest BCUT2D eigenvalue weighted by Crippen LogP contribution is 2.14. The van der Waals surface area contributed by atoms with Gasteiger partial charge in [0.1, 0.15) is 5.69 Å². The van der Waals surface area contributed by atoms with Gasteiger partial charge in [-0.2, -0.15) is 0 Å². The maximum Gasteiger partial charge on any atom is 0.267 e. The molecule has 0 saturated heterocycles. The smallest absolute Gasteiger partial charge is 0.267 e. The molecule has 0 aliphatic rings. The average Bonchev–Trinajstić information content (AvgIpc) is 2.72. The van der Waals surface area contributed by atoms with E-state index in [1.54, 1.807) is 0 Å². The molecule has 16 heavy (non-hydrogen) atoms. The number of carbonyl (C=O) groups excluding carboxylic acids is 1. The highest BCUT2D eigenvalue weighted by molar-refractivity contribution is 5.98. The van der Waals surface area contributed by atoms with Crippen LogP contribution in [0, 0.1) is 0 Å². The SMILES string of the molecule is CCC(C)NC(=O)c1cc2ccccc2[nH]1. The molecule has 0 saturated carbocycles. The van der Waals surface area contributed by atoms with Gasteiger partial charge in [-0.3, -0.25) is 4.79 Å². The monoisotopic (exact) mass is 216 g/mol. The van der Waals surface area contributed by atoms with Crippen molar-refractivity contribution in [1.29, 1.82) is 0 Å². The van der Waals surface area contributed by atoms with E-state index in [4.69, 9.17) is 0 Å². The maximum atomic E-state index is 11.8. The molecule has 1 aromatic heterocycles. The number of aromatic amines is 1. The number of aromatic nitrogens is 1. The van der Waals surface area contributed by atoms with Crippen LogP contribution in [0.3, 0.4) is 0 Å². The quantitative estimate of drug-likeness (QED) is 0.814. The van der Waals surface area contributed by atoms with Gasteiger partial charge in [-0.15, -0.1) is 0 Å². The number of hydrogen-bond donors (Lipinski definition) is 2. The third-order valence-corrected chi connectivity index (χ3v) is 2.76. The van der Waals surface area contributed by atoms with E-state index in [-0.39, 0.29) is 11.9 Å². The average molecular weight is 216 g/mol. The molecule has 0 spiro atoms. The first kappa shape index (κ1) is 10.7. The van der Waals surface area contributed by atoms with Gasteiger partial charge in [-0.05, 0) is 25.5 Å². The molecule has 0 bridgehead atoms. The summed E-state index contributed by atoms with van der Waals surface area (Å²) in [5, 5.41) is 4.00. The van der Waals surface area contributed by atoms with Gasteiger partial charge in [0.25, 0.3) is 5.91 Å². The summed E-state index contributed by atoms with van der Waals surface area (Å²) < 4.78 is 0. The highest BCUT2D eigenvalue weighted by Gasteiger charge is 2.10. The van der Waals surface area contributed by atoms with Crippen molar-refractivity contribution in [1.82, 2.24) is 10.3 Å². The maximum absolute atomic E-state index is 11.8. The van der Waals surface area contributed by atoms with Gasteiger partial charge in [0.05, 0.1) is 0 Å². The number of hydrogen-bond acceptors (Lipinski definition) is 1. The Labute approximate surface area is 94.9 Å². The zero-order chi connectivity index (χ0) is 11.5. The predicted molar refractivity (Wildman–Crippen MR) is 65.5 cm³/mol. The minimum Gasteiger partial charge on any atom is -0.351 e. The second kappa shape index (κ2) is 4.39. The third kappa shape index (κ3) is 2.08. The minimum absolute atomic E-state index is 0.0365. The molecule has 1 aromatic carbocycles. The lowest BCUT2D eigenvalue weighted by atomic mass is 10.2. The van der Waals surface area contributed by atoms with Crippen LogP contribution in [0.2, 0.25) is 0 Å². The van der Waals surface area contributed by atoms with Gasteiger partial charge in [0.2, 0.25) is 0 Å². The standard InChI is InChI=1S/C13H16N2O/c1-3-9(2)14-13(16)12-8-10-6-4-5-7-11(10)15-12/h4-9,15H,3H2,1-2H3,(H,14,16). The molecule has 0 aliphatic heterocycles. The van der Waals surface area contributed by atoms with Gasteiger partial charge in [-0.25, -0.2) is 0 Å². The molecule has 2 N–H and O–H groups in total. The molecule has 0 fully saturated rings. The molecule has 0 aliphatic carbocycles. The number of benzene rings is 1. The van der Waals surface area contributed by atoms with Crippen LogP contribution >= 0.6 is 0 Å². The first-order valence-corrected chi connectivity index (χ1v) is 5.59. The first-order chi connectivity index (χ1) is 7.70. The number of rotatable bonds is 3. The third-order valence-electron chi connectivity index (χ3n) is 2.76. The molecule has 1 heterocycles. The summed E-state index contributed by atoms with van der Waals surface area (Å²) in [7, 11) is 0. The number of para-hydroxylation sites is 1.